The number of nitrogens with zero attached hydrogens (tertiary/aromatic N) is 1. The van der Waals surface area contributed by atoms with Gasteiger partial charge in [0, 0.05) is 12.1 Å². The summed E-state index contributed by atoms with van der Waals surface area (Å²) >= 11 is 0. The van der Waals surface area contributed by atoms with Crippen molar-refractivity contribution in [2.45, 2.75) is 32.4 Å². The van der Waals surface area contributed by atoms with Gasteiger partial charge in [-0.3, -0.25) is 4.90 Å². The minimum atomic E-state index is -2.30. The molecule has 0 amide bonds. The lowest BCUT2D eigenvalue weighted by Crippen LogP contribution is -2.42. The Hall–Kier alpha value is -1.00. The molecule has 0 aliphatic carbocycles. The minimum Gasteiger partial charge on any atom is -0.309 e. The molecule has 0 heterocycles. The van der Waals surface area contributed by atoms with Crippen LogP contribution in [0.1, 0.15) is 25.5 Å². The molecule has 18 heavy (non-hydrogen) atoms. The number of nitrogens with one attached hydrogen (secondary N) is 1. The number of likely N-dealkylation sites (N-methyl/N-ethyl adjacent to an activating group) is 2. The fourth-order valence-electron chi connectivity index (χ4n) is 2.09. The molecule has 2 nitrogen and oxygen atoms in total. The average Bonchev–Trinajstić information content (AvgIpc) is 2.35. The Morgan fingerprint density at radius 2 is 1.83 bits per heavy atom. The number of alkyl halides is 2. The van der Waals surface area contributed by atoms with Crippen molar-refractivity contribution in [2.24, 2.45) is 0 Å². The highest BCUT2D eigenvalue weighted by molar-refractivity contribution is 5.20. The Labute approximate surface area is 108 Å². The van der Waals surface area contributed by atoms with Gasteiger partial charge < -0.3 is 5.32 Å². The van der Waals surface area contributed by atoms with E-state index in [1.165, 1.54) is 0 Å². The van der Waals surface area contributed by atoms with E-state index in [0.29, 0.717) is 0 Å². The van der Waals surface area contributed by atoms with Crippen LogP contribution in [0.15, 0.2) is 30.3 Å². The van der Waals surface area contributed by atoms with E-state index in [1.807, 2.05) is 44.2 Å². The van der Waals surface area contributed by atoms with Crippen LogP contribution in [0, 0.1) is 0 Å². The van der Waals surface area contributed by atoms with E-state index >= 15 is 0 Å². The summed E-state index contributed by atoms with van der Waals surface area (Å²) in [5, 5.41) is 3.37. The van der Waals surface area contributed by atoms with Crippen molar-refractivity contribution >= 4 is 0 Å². The summed E-state index contributed by atoms with van der Waals surface area (Å²) in [6.45, 7) is 4.61. The van der Waals surface area contributed by atoms with Crippen molar-refractivity contribution in [1.29, 1.82) is 0 Å². The molecule has 1 aromatic carbocycles. The molecule has 2 unspecified atom stereocenters. The first-order chi connectivity index (χ1) is 8.56. The molecule has 0 spiro atoms. The van der Waals surface area contributed by atoms with E-state index < -0.39 is 6.43 Å². The van der Waals surface area contributed by atoms with Crippen LogP contribution in [0.3, 0.4) is 0 Å². The zero-order valence-corrected chi connectivity index (χ0v) is 11.2. The molecule has 0 aromatic heterocycles. The van der Waals surface area contributed by atoms with Crippen LogP contribution in [0.5, 0.6) is 0 Å². The summed E-state index contributed by atoms with van der Waals surface area (Å²) in [6, 6.07) is 10.0. The van der Waals surface area contributed by atoms with Crippen LogP contribution in [0.25, 0.3) is 0 Å². The topological polar surface area (TPSA) is 15.3 Å². The maximum Gasteiger partial charge on any atom is 0.251 e. The number of rotatable bonds is 7. The first kappa shape index (κ1) is 15.1. The molecule has 4 heteroatoms. The van der Waals surface area contributed by atoms with Gasteiger partial charge in [0.15, 0.2) is 0 Å². The maximum atomic E-state index is 12.4. The molecule has 2 atom stereocenters. The van der Waals surface area contributed by atoms with E-state index in [4.69, 9.17) is 0 Å². The van der Waals surface area contributed by atoms with Crippen molar-refractivity contribution in [3.63, 3.8) is 0 Å². The van der Waals surface area contributed by atoms with Crippen molar-refractivity contribution < 1.29 is 8.78 Å². The second-order valence-electron chi connectivity index (χ2n) is 4.52. The minimum absolute atomic E-state index is 0.0151. The van der Waals surface area contributed by atoms with E-state index in [1.54, 1.807) is 11.9 Å². The highest BCUT2D eigenvalue weighted by Crippen LogP contribution is 2.20. The van der Waals surface area contributed by atoms with Gasteiger partial charge in [0.1, 0.15) is 0 Å². The Balaban J connectivity index is 2.78. The molecule has 0 fully saturated rings. The van der Waals surface area contributed by atoms with E-state index in [2.05, 4.69) is 5.32 Å². The Morgan fingerprint density at radius 3 is 2.33 bits per heavy atom. The Morgan fingerprint density at radius 1 is 1.22 bits per heavy atom. The molecule has 102 valence electrons. The first-order valence-electron chi connectivity index (χ1n) is 6.33. The highest BCUT2D eigenvalue weighted by atomic mass is 19.3. The molecule has 0 aliphatic heterocycles. The first-order valence-corrected chi connectivity index (χ1v) is 6.33. The molecule has 0 saturated heterocycles. The predicted molar refractivity (Wildman–Crippen MR) is 71.0 cm³/mol. The van der Waals surface area contributed by atoms with Crippen molar-refractivity contribution in [3.8, 4) is 0 Å². The van der Waals surface area contributed by atoms with Crippen LogP contribution >= 0.6 is 0 Å². The Bertz CT molecular complexity index is 330. The van der Waals surface area contributed by atoms with Gasteiger partial charge in [-0.05, 0) is 26.1 Å². The highest BCUT2D eigenvalue weighted by Gasteiger charge is 2.23. The van der Waals surface area contributed by atoms with Gasteiger partial charge in [0.25, 0.3) is 6.43 Å². The zero-order valence-electron chi connectivity index (χ0n) is 11.2. The number of hydrogen-bond acceptors (Lipinski definition) is 2. The lowest BCUT2D eigenvalue weighted by atomic mass is 9.99. The molecule has 1 aromatic rings. The van der Waals surface area contributed by atoms with Gasteiger partial charge in [0.05, 0.1) is 6.54 Å². The van der Waals surface area contributed by atoms with E-state index in [-0.39, 0.29) is 18.6 Å². The zero-order chi connectivity index (χ0) is 13.5. The summed E-state index contributed by atoms with van der Waals surface area (Å²) in [7, 11) is 1.74. The molecule has 0 aliphatic rings. The fourth-order valence-corrected chi connectivity index (χ4v) is 2.09. The van der Waals surface area contributed by atoms with Crippen LogP contribution in [-0.2, 0) is 0 Å². The number of hydrogen-bond donors (Lipinski definition) is 1. The van der Waals surface area contributed by atoms with Gasteiger partial charge >= 0.3 is 0 Å². The van der Waals surface area contributed by atoms with Gasteiger partial charge in [0.2, 0.25) is 0 Å². The second-order valence-corrected chi connectivity index (χ2v) is 4.52. The maximum absolute atomic E-state index is 12.4. The number of halogens is 2. The monoisotopic (exact) mass is 256 g/mol. The van der Waals surface area contributed by atoms with Gasteiger partial charge in [-0.2, -0.15) is 0 Å². The van der Waals surface area contributed by atoms with E-state index in [9.17, 15) is 8.78 Å². The molecular weight excluding hydrogens is 234 g/mol. The summed E-state index contributed by atoms with van der Waals surface area (Å²) in [5.74, 6) is 0. The third-order valence-corrected chi connectivity index (χ3v) is 3.19. The predicted octanol–water partition coefficient (Wildman–Crippen LogP) is 2.92. The smallest absolute Gasteiger partial charge is 0.251 e. The van der Waals surface area contributed by atoms with Crippen LogP contribution in [0.2, 0.25) is 0 Å². The van der Waals surface area contributed by atoms with Crippen molar-refractivity contribution in [2.75, 3.05) is 20.1 Å². The summed E-state index contributed by atoms with van der Waals surface area (Å²) in [4.78, 5) is 1.70. The molecule has 0 radical (unpaired) electrons. The van der Waals surface area contributed by atoms with Crippen LogP contribution in [0.4, 0.5) is 8.78 Å². The SMILES string of the molecule is CCNC(c1ccccc1)C(C)N(C)CC(F)F. The van der Waals surface area contributed by atoms with Gasteiger partial charge in [-0.25, -0.2) is 8.78 Å². The molecule has 1 rings (SSSR count). The lowest BCUT2D eigenvalue weighted by Gasteiger charge is -2.32. The van der Waals surface area contributed by atoms with Crippen LogP contribution < -0.4 is 5.32 Å². The van der Waals surface area contributed by atoms with Gasteiger partial charge in [-0.15, -0.1) is 0 Å². The molecule has 0 bridgehead atoms. The largest absolute Gasteiger partial charge is 0.309 e. The lowest BCUT2D eigenvalue weighted by molar-refractivity contribution is 0.0749. The quantitative estimate of drug-likeness (QED) is 0.807. The summed E-state index contributed by atoms with van der Waals surface area (Å²) in [5.41, 5.74) is 1.13. The third-order valence-electron chi connectivity index (χ3n) is 3.19. The second kappa shape index (κ2) is 7.44. The van der Waals surface area contributed by atoms with Crippen molar-refractivity contribution in [1.82, 2.24) is 10.2 Å². The molecular formula is C14H22F2N2. The molecule has 1 N–H and O–H groups in total. The number of benzene rings is 1. The molecule has 0 saturated carbocycles. The van der Waals surface area contributed by atoms with Gasteiger partial charge in [-0.1, -0.05) is 37.3 Å². The fraction of sp³-hybridized carbons (Fsp3) is 0.571. The van der Waals surface area contributed by atoms with Crippen molar-refractivity contribution in [3.05, 3.63) is 35.9 Å². The standard InChI is InChI=1S/C14H22F2N2/c1-4-17-14(12-8-6-5-7-9-12)11(2)18(3)10-13(15)16/h5-9,11,13-14,17H,4,10H2,1-3H3. The average molecular weight is 256 g/mol. The van der Waals surface area contributed by atoms with E-state index in [0.717, 1.165) is 12.1 Å². The normalized spacial score (nSPS) is 15.1. The third kappa shape index (κ3) is 4.35. The summed E-state index contributed by atoms with van der Waals surface area (Å²) in [6.07, 6.45) is -2.30. The Kier molecular flexibility index (Phi) is 6.22. The van der Waals surface area contributed by atoms with Crippen LogP contribution in [-0.4, -0.2) is 37.5 Å². The summed E-state index contributed by atoms with van der Waals surface area (Å²) < 4.78 is 24.9.